The van der Waals surface area contributed by atoms with Crippen molar-refractivity contribution in [2.75, 3.05) is 38.3 Å². The van der Waals surface area contributed by atoms with Gasteiger partial charge in [-0.05, 0) is 56.0 Å². The van der Waals surface area contributed by atoms with Crippen LogP contribution in [0.1, 0.15) is 49.4 Å². The number of H-pyrrole nitrogens is 1. The highest BCUT2D eigenvalue weighted by Crippen LogP contribution is 2.23. The molecule has 4 aromatic rings. The van der Waals surface area contributed by atoms with Crippen LogP contribution >= 0.6 is 0 Å². The number of hydrogen-bond acceptors (Lipinski definition) is 7. The summed E-state index contributed by atoms with van der Waals surface area (Å²) < 4.78 is 35.4. The summed E-state index contributed by atoms with van der Waals surface area (Å²) in [7, 11) is 1.57. The maximum Gasteiger partial charge on any atom is 0.332 e. The van der Waals surface area contributed by atoms with E-state index in [-0.39, 0.29) is 41.5 Å². The second-order valence-electron chi connectivity index (χ2n) is 10.9. The number of halogens is 2. The number of benzene rings is 1. The maximum atomic E-state index is 14.0. The van der Waals surface area contributed by atoms with Gasteiger partial charge in [0.1, 0.15) is 17.2 Å². The van der Waals surface area contributed by atoms with Crippen molar-refractivity contribution in [2.24, 2.45) is 0 Å². The molecule has 5 rings (SSSR count). The number of nitrogens with one attached hydrogen (secondary N) is 1. The summed E-state index contributed by atoms with van der Waals surface area (Å²) in [5, 5.41) is 0. The summed E-state index contributed by atoms with van der Waals surface area (Å²) in [6, 6.07) is 6.19. The molecule has 1 aliphatic heterocycles. The van der Waals surface area contributed by atoms with E-state index in [1.807, 2.05) is 6.92 Å². The second-order valence-corrected chi connectivity index (χ2v) is 10.9. The largest absolute Gasteiger partial charge is 0.385 e. The van der Waals surface area contributed by atoms with Crippen LogP contribution < -0.4 is 16.1 Å². The molecule has 3 aromatic heterocycles. The fourth-order valence-corrected chi connectivity index (χ4v) is 5.44. The quantitative estimate of drug-likeness (QED) is 0.226. The highest BCUT2D eigenvalue weighted by atomic mass is 19.2. The minimum Gasteiger partial charge on any atom is -0.385 e. The minimum atomic E-state index is -1.14. The third-order valence-electron chi connectivity index (χ3n) is 7.73. The fourth-order valence-electron chi connectivity index (χ4n) is 5.44. The van der Waals surface area contributed by atoms with E-state index in [1.165, 1.54) is 26.3 Å². The Kier molecular flexibility index (Phi) is 9.81. The van der Waals surface area contributed by atoms with Gasteiger partial charge in [0, 0.05) is 70.2 Å². The Morgan fingerprint density at radius 2 is 1.87 bits per heavy atom. The van der Waals surface area contributed by atoms with E-state index >= 15 is 0 Å². The molecule has 4 heterocycles. The highest BCUT2D eigenvalue weighted by Gasteiger charge is 2.24. The lowest BCUT2D eigenvalue weighted by molar-refractivity contribution is -0.127. The highest BCUT2D eigenvalue weighted by molar-refractivity contribution is 6.05. The van der Waals surface area contributed by atoms with E-state index in [2.05, 4.69) is 15.0 Å². The number of nitrogens with zero attached hydrogens (tertiary/aromatic N) is 6. The van der Waals surface area contributed by atoms with Gasteiger partial charge in [-0.1, -0.05) is 6.92 Å². The molecule has 14 heteroatoms. The molecule has 1 N–H and O–H groups in total. The third kappa shape index (κ3) is 6.70. The summed E-state index contributed by atoms with van der Waals surface area (Å²) >= 11 is 0. The van der Waals surface area contributed by atoms with Crippen LogP contribution in [0.25, 0.3) is 22.6 Å². The smallest absolute Gasteiger partial charge is 0.332 e. The van der Waals surface area contributed by atoms with E-state index in [9.17, 15) is 28.0 Å². The molecule has 45 heavy (non-hydrogen) atoms. The van der Waals surface area contributed by atoms with Gasteiger partial charge in [-0.2, -0.15) is 0 Å². The predicted octanol–water partition coefficient (Wildman–Crippen LogP) is 3.33. The zero-order chi connectivity index (χ0) is 32.1. The summed E-state index contributed by atoms with van der Waals surface area (Å²) in [6.07, 6.45) is 4.34. The first-order chi connectivity index (χ1) is 21.7. The van der Waals surface area contributed by atoms with Crippen LogP contribution in [0.15, 0.2) is 46.1 Å². The number of ether oxygens (including phenoxy) is 1. The Morgan fingerprint density at radius 1 is 1.04 bits per heavy atom. The molecule has 0 atom stereocenters. The zero-order valence-electron chi connectivity index (χ0n) is 25.2. The molecule has 0 aliphatic carbocycles. The second kappa shape index (κ2) is 13.9. The molecule has 238 valence electrons. The average molecular weight is 624 g/mol. The van der Waals surface area contributed by atoms with E-state index in [4.69, 9.17) is 4.74 Å². The number of pyridine rings is 1. The third-order valence-corrected chi connectivity index (χ3v) is 7.73. The summed E-state index contributed by atoms with van der Waals surface area (Å²) in [4.78, 5) is 67.1. The molecule has 0 saturated carbocycles. The first kappa shape index (κ1) is 31.7. The predicted molar refractivity (Wildman–Crippen MR) is 163 cm³/mol. The van der Waals surface area contributed by atoms with Crippen LogP contribution in [0.2, 0.25) is 0 Å². The Balaban J connectivity index is 1.47. The lowest BCUT2D eigenvalue weighted by Crippen LogP contribution is -2.40. The number of imidazole rings is 1. The molecule has 0 radical (unpaired) electrons. The molecule has 1 fully saturated rings. The van der Waals surface area contributed by atoms with Crippen molar-refractivity contribution in [1.82, 2.24) is 29.0 Å². The number of carbonyl (C=O) groups is 2. The number of rotatable bonds is 13. The van der Waals surface area contributed by atoms with Crippen molar-refractivity contribution < 1.29 is 23.1 Å². The first-order valence-electron chi connectivity index (χ1n) is 15.0. The topological polar surface area (TPSA) is 135 Å². The van der Waals surface area contributed by atoms with Crippen molar-refractivity contribution >= 4 is 28.8 Å². The van der Waals surface area contributed by atoms with E-state index in [0.717, 1.165) is 18.6 Å². The SMILES string of the molecule is CCCn1c(=O)c2[nH]c(-c3ccc(N(CCCN4CCCC4=O)C(=O)c4ccc(F)c(F)c4)nc3)nc2n(CCCOC)c1=O. The number of aryl methyl sites for hydroxylation is 1. The molecular weight excluding hydrogens is 588 g/mol. The van der Waals surface area contributed by atoms with Crippen LogP contribution in [0.4, 0.5) is 14.6 Å². The molecule has 1 aliphatic rings. The number of aromatic amines is 1. The Bertz CT molecular complexity index is 1820. The van der Waals surface area contributed by atoms with E-state index in [0.29, 0.717) is 63.3 Å². The molecule has 0 bridgehead atoms. The summed E-state index contributed by atoms with van der Waals surface area (Å²) in [5.74, 6) is -2.17. The van der Waals surface area contributed by atoms with Crippen molar-refractivity contribution in [3.63, 3.8) is 0 Å². The van der Waals surface area contributed by atoms with Crippen molar-refractivity contribution in [3.8, 4) is 11.4 Å². The van der Waals surface area contributed by atoms with Crippen LogP contribution in [-0.2, 0) is 22.6 Å². The number of fused-ring (bicyclic) bond motifs is 1. The Labute approximate surface area is 257 Å². The van der Waals surface area contributed by atoms with Gasteiger partial charge in [0.2, 0.25) is 5.91 Å². The number of methoxy groups -OCH3 is 1. The lowest BCUT2D eigenvalue weighted by atomic mass is 10.1. The van der Waals surface area contributed by atoms with Gasteiger partial charge in [0.15, 0.2) is 17.3 Å². The first-order valence-corrected chi connectivity index (χ1v) is 15.0. The summed E-state index contributed by atoms with van der Waals surface area (Å²) in [5.41, 5.74) is -0.0634. The van der Waals surface area contributed by atoms with E-state index < -0.39 is 28.8 Å². The number of hydrogen-bond donors (Lipinski definition) is 1. The van der Waals surface area contributed by atoms with Gasteiger partial charge in [-0.25, -0.2) is 23.5 Å². The van der Waals surface area contributed by atoms with E-state index in [1.54, 1.807) is 24.1 Å². The van der Waals surface area contributed by atoms with Gasteiger partial charge in [-0.3, -0.25) is 28.4 Å². The lowest BCUT2D eigenvalue weighted by Gasteiger charge is -2.24. The van der Waals surface area contributed by atoms with Gasteiger partial charge in [0.25, 0.3) is 11.5 Å². The van der Waals surface area contributed by atoms with Crippen LogP contribution in [0.5, 0.6) is 0 Å². The molecule has 12 nitrogen and oxygen atoms in total. The normalized spacial score (nSPS) is 13.2. The monoisotopic (exact) mass is 623 g/mol. The van der Waals surface area contributed by atoms with Crippen molar-refractivity contribution in [1.29, 1.82) is 0 Å². The summed E-state index contributed by atoms with van der Waals surface area (Å²) in [6.45, 7) is 4.14. The average Bonchev–Trinajstić information content (AvgIpc) is 3.67. The molecular formula is C31H35F2N7O5. The number of amides is 2. The minimum absolute atomic E-state index is 0.0517. The van der Waals surface area contributed by atoms with Crippen molar-refractivity contribution in [3.05, 3.63) is 74.6 Å². The van der Waals surface area contributed by atoms with Gasteiger partial charge in [-0.15, -0.1) is 0 Å². The van der Waals surface area contributed by atoms with Gasteiger partial charge in [0.05, 0.1) is 0 Å². The molecule has 1 saturated heterocycles. The molecule has 1 aromatic carbocycles. The Morgan fingerprint density at radius 3 is 2.53 bits per heavy atom. The van der Waals surface area contributed by atoms with Crippen molar-refractivity contribution in [2.45, 2.75) is 52.1 Å². The number of aromatic nitrogens is 5. The molecule has 0 unspecified atom stereocenters. The van der Waals surface area contributed by atoms with Crippen LogP contribution in [-0.4, -0.2) is 74.2 Å². The number of carbonyl (C=O) groups excluding carboxylic acids is 2. The van der Waals surface area contributed by atoms with Crippen LogP contribution in [0.3, 0.4) is 0 Å². The van der Waals surface area contributed by atoms with Gasteiger partial charge < -0.3 is 14.6 Å². The van der Waals surface area contributed by atoms with Gasteiger partial charge >= 0.3 is 5.69 Å². The number of likely N-dealkylation sites (tertiary alicyclic amines) is 1. The standard InChI is InChI=1S/C31H35F2N7O5/c1-3-12-40-30(43)26-28(39(31(40)44)16-6-17-45-2)36-27(35-26)21-9-11-24(34-19-21)38(15-5-14-37-13-4-7-25(37)41)29(42)20-8-10-22(32)23(33)18-20/h8-11,18-19H,3-7,12-17H2,1-2H3,(H,35,36). The zero-order valence-corrected chi connectivity index (χ0v) is 25.2. The van der Waals surface area contributed by atoms with Crippen LogP contribution in [0, 0.1) is 11.6 Å². The molecule has 2 amide bonds. The maximum absolute atomic E-state index is 14.0. The Hall–Kier alpha value is -4.72. The molecule has 0 spiro atoms. The number of anilines is 1. The fraction of sp³-hybridized carbons (Fsp3) is 0.419.